The highest BCUT2D eigenvalue weighted by molar-refractivity contribution is 7.73. The van der Waals surface area contributed by atoms with Crippen molar-refractivity contribution in [3.05, 3.63) is 16.1 Å². The predicted molar refractivity (Wildman–Crippen MR) is 47.1 cm³/mol. The normalized spacial score (nSPS) is 9.30. The number of nitrogens with one attached hydrogen (secondary N) is 1. The zero-order valence-electron chi connectivity index (χ0n) is 5.63. The van der Waals surface area contributed by atoms with Crippen LogP contribution in [-0.4, -0.2) is 11.5 Å². The second kappa shape index (κ2) is 3.63. The predicted octanol–water partition coefficient (Wildman–Crippen LogP) is 2.30. The van der Waals surface area contributed by atoms with Gasteiger partial charge in [-0.25, -0.2) is 4.98 Å². The zero-order chi connectivity index (χ0) is 7.40. The van der Waals surface area contributed by atoms with Gasteiger partial charge in [-0.15, -0.1) is 0 Å². The zero-order valence-corrected chi connectivity index (χ0v) is 7.26. The number of nitrogens with zero attached hydrogens (tertiary/aromatic N) is 1. The van der Waals surface area contributed by atoms with Gasteiger partial charge < -0.3 is 5.32 Å². The Bertz CT molecular complexity index is 256. The van der Waals surface area contributed by atoms with E-state index in [-0.39, 0.29) is 0 Å². The van der Waals surface area contributed by atoms with Crippen molar-refractivity contribution in [3.63, 3.8) is 0 Å². The molecule has 0 atom stereocenters. The first-order valence-corrected chi connectivity index (χ1v) is 4.25. The molecule has 0 aliphatic rings. The van der Waals surface area contributed by atoms with Crippen LogP contribution in [0.2, 0.25) is 0 Å². The fourth-order valence-corrected chi connectivity index (χ4v) is 1.50. The van der Waals surface area contributed by atoms with Crippen molar-refractivity contribution in [3.8, 4) is 0 Å². The summed E-state index contributed by atoms with van der Waals surface area (Å²) in [6.45, 7) is 2.92. The summed E-state index contributed by atoms with van der Waals surface area (Å²) in [7, 11) is 0. The van der Waals surface area contributed by atoms with E-state index in [1.807, 2.05) is 13.0 Å². The molecule has 1 aromatic rings. The molecule has 1 aromatic heterocycles. The van der Waals surface area contributed by atoms with E-state index in [4.69, 9.17) is 12.2 Å². The first kappa shape index (κ1) is 7.63. The summed E-state index contributed by atoms with van der Waals surface area (Å²) < 4.78 is 0.867. The Labute approximate surface area is 68.9 Å². The van der Waals surface area contributed by atoms with Crippen LogP contribution in [0.15, 0.2) is 12.3 Å². The highest BCUT2D eigenvalue weighted by Crippen LogP contribution is 2.10. The molecule has 0 unspecified atom stereocenters. The van der Waals surface area contributed by atoms with E-state index in [1.54, 1.807) is 6.20 Å². The van der Waals surface area contributed by atoms with Gasteiger partial charge in [0.05, 0.1) is 3.82 Å². The summed E-state index contributed by atoms with van der Waals surface area (Å²) in [6, 6.07) is 1.82. The smallest absolute Gasteiger partial charge is 0.183 e. The maximum Gasteiger partial charge on any atom is 0.183 e. The van der Waals surface area contributed by atoms with E-state index in [2.05, 4.69) is 10.3 Å². The highest BCUT2D eigenvalue weighted by Gasteiger charge is 1.88. The van der Waals surface area contributed by atoms with Crippen molar-refractivity contribution in [2.75, 3.05) is 11.9 Å². The van der Waals surface area contributed by atoms with Crippen LogP contribution in [0.25, 0.3) is 0 Å². The van der Waals surface area contributed by atoms with Crippen molar-refractivity contribution in [2.24, 2.45) is 0 Å². The minimum Gasteiger partial charge on any atom is -0.362 e. The van der Waals surface area contributed by atoms with Crippen LogP contribution in [0.4, 0.5) is 5.13 Å². The monoisotopic (exact) mass is 172 g/mol. The molecule has 0 fully saturated rings. The van der Waals surface area contributed by atoms with E-state index < -0.39 is 0 Å². The standard InChI is InChI=1S/C6H8N2S2/c1-2-7-6-8-4-3-5(9)10-6/h3-4H,2H2,1H3,(H,7,8). The average molecular weight is 172 g/mol. The molecule has 1 rings (SSSR count). The van der Waals surface area contributed by atoms with E-state index in [0.29, 0.717) is 0 Å². The summed E-state index contributed by atoms with van der Waals surface area (Å²) in [6.07, 6.45) is 1.72. The molecule has 0 saturated heterocycles. The molecule has 0 aliphatic carbocycles. The molecule has 1 heterocycles. The first-order valence-electron chi connectivity index (χ1n) is 3.03. The summed E-state index contributed by atoms with van der Waals surface area (Å²) in [5.41, 5.74) is 0. The lowest BCUT2D eigenvalue weighted by atomic mass is 10.7. The van der Waals surface area contributed by atoms with Crippen LogP contribution in [0.1, 0.15) is 6.92 Å². The third-order valence-electron chi connectivity index (χ3n) is 0.928. The quantitative estimate of drug-likeness (QED) is 0.693. The van der Waals surface area contributed by atoms with Gasteiger partial charge in [0.2, 0.25) is 0 Å². The Balaban J connectivity index is 2.85. The largest absolute Gasteiger partial charge is 0.362 e. The van der Waals surface area contributed by atoms with Gasteiger partial charge in [-0.05, 0) is 13.0 Å². The van der Waals surface area contributed by atoms with E-state index in [9.17, 15) is 0 Å². The molecule has 4 heteroatoms. The Morgan fingerprint density at radius 1 is 1.80 bits per heavy atom. The summed E-state index contributed by atoms with van der Waals surface area (Å²) >= 11 is 6.45. The van der Waals surface area contributed by atoms with Gasteiger partial charge in [-0.3, -0.25) is 0 Å². The highest BCUT2D eigenvalue weighted by atomic mass is 32.1. The van der Waals surface area contributed by atoms with E-state index in [1.165, 1.54) is 11.3 Å². The number of rotatable bonds is 2. The van der Waals surface area contributed by atoms with Crippen molar-refractivity contribution in [1.82, 2.24) is 4.98 Å². The van der Waals surface area contributed by atoms with Crippen LogP contribution in [-0.2, 0) is 0 Å². The second-order valence-corrected chi connectivity index (χ2v) is 3.43. The van der Waals surface area contributed by atoms with Crippen molar-refractivity contribution < 1.29 is 0 Å². The number of anilines is 1. The fourth-order valence-electron chi connectivity index (χ4n) is 0.554. The summed E-state index contributed by atoms with van der Waals surface area (Å²) in [5.74, 6) is 0. The second-order valence-electron chi connectivity index (χ2n) is 1.70. The molecule has 0 saturated carbocycles. The lowest BCUT2D eigenvalue weighted by Gasteiger charge is -1.97. The molecule has 0 amide bonds. The van der Waals surface area contributed by atoms with Crippen LogP contribution in [0.3, 0.4) is 0 Å². The summed E-state index contributed by atoms with van der Waals surface area (Å²) in [5, 5.41) is 3.99. The average Bonchev–Trinajstić information content (AvgIpc) is 1.88. The number of hydrogen-bond donors (Lipinski definition) is 1. The Kier molecular flexibility index (Phi) is 2.77. The molecule has 2 nitrogen and oxygen atoms in total. The molecule has 0 radical (unpaired) electrons. The van der Waals surface area contributed by atoms with Gasteiger partial charge in [-0.2, -0.15) is 0 Å². The molecule has 54 valence electrons. The van der Waals surface area contributed by atoms with Gasteiger partial charge in [0.25, 0.3) is 0 Å². The maximum absolute atomic E-state index is 4.95. The van der Waals surface area contributed by atoms with Gasteiger partial charge in [-0.1, -0.05) is 23.6 Å². The SMILES string of the molecule is CCNc1nccc(=S)s1. The lowest BCUT2D eigenvalue weighted by molar-refractivity contribution is 1.18. The minimum absolute atomic E-state index is 0.867. The summed E-state index contributed by atoms with van der Waals surface area (Å²) in [4.78, 5) is 4.07. The molecule has 0 bridgehead atoms. The van der Waals surface area contributed by atoms with E-state index in [0.717, 1.165) is 15.5 Å². The van der Waals surface area contributed by atoms with Crippen LogP contribution in [0.5, 0.6) is 0 Å². The lowest BCUT2D eigenvalue weighted by Crippen LogP contribution is -1.96. The van der Waals surface area contributed by atoms with Gasteiger partial charge in [0.1, 0.15) is 0 Å². The molecule has 0 spiro atoms. The van der Waals surface area contributed by atoms with Gasteiger partial charge >= 0.3 is 0 Å². The van der Waals surface area contributed by atoms with Crippen LogP contribution in [0, 0.1) is 3.82 Å². The number of hydrogen-bond acceptors (Lipinski definition) is 4. The third kappa shape index (κ3) is 2.04. The Hall–Kier alpha value is -0.480. The fraction of sp³-hybridized carbons (Fsp3) is 0.333. The van der Waals surface area contributed by atoms with Crippen molar-refractivity contribution >= 4 is 28.7 Å². The van der Waals surface area contributed by atoms with Crippen LogP contribution >= 0.6 is 23.6 Å². The Morgan fingerprint density at radius 3 is 3.20 bits per heavy atom. The maximum atomic E-state index is 4.95. The van der Waals surface area contributed by atoms with Gasteiger partial charge in [0.15, 0.2) is 5.13 Å². The van der Waals surface area contributed by atoms with E-state index >= 15 is 0 Å². The third-order valence-corrected chi connectivity index (χ3v) is 2.09. The minimum atomic E-state index is 0.867. The van der Waals surface area contributed by atoms with Crippen LogP contribution < -0.4 is 5.32 Å². The van der Waals surface area contributed by atoms with Crippen molar-refractivity contribution in [1.29, 1.82) is 0 Å². The molecular formula is C6H8N2S2. The molecule has 0 aromatic carbocycles. The van der Waals surface area contributed by atoms with Crippen molar-refractivity contribution in [2.45, 2.75) is 6.92 Å². The Morgan fingerprint density at radius 2 is 2.60 bits per heavy atom. The topological polar surface area (TPSA) is 24.9 Å². The molecule has 1 N–H and O–H groups in total. The molecule has 10 heavy (non-hydrogen) atoms. The number of aromatic nitrogens is 1. The first-order chi connectivity index (χ1) is 4.83. The molecule has 0 aliphatic heterocycles. The van der Waals surface area contributed by atoms with Gasteiger partial charge in [0, 0.05) is 12.7 Å². The molecular weight excluding hydrogens is 164 g/mol.